The number of carbonyl (C=O) groups is 2. The van der Waals surface area contributed by atoms with Gasteiger partial charge < -0.3 is 20.6 Å². The van der Waals surface area contributed by atoms with Crippen LogP contribution >= 0.6 is 0 Å². The number of urea groups is 1. The number of pyridine rings is 1. The summed E-state index contributed by atoms with van der Waals surface area (Å²) in [6.45, 7) is 1.16. The van der Waals surface area contributed by atoms with Gasteiger partial charge in [-0.1, -0.05) is 0 Å². The highest BCUT2D eigenvalue weighted by Gasteiger charge is 2.31. The SMILES string of the molecule is O=C(O)CCNC(=O)NC1CCN(c2ccc(C(F)(F)F)cn2)CC1. The van der Waals surface area contributed by atoms with Crippen LogP contribution in [0.4, 0.5) is 23.8 Å². The Morgan fingerprint density at radius 2 is 1.96 bits per heavy atom. The maximum atomic E-state index is 12.5. The summed E-state index contributed by atoms with van der Waals surface area (Å²) in [5.41, 5.74) is -0.786. The Bertz CT molecular complexity index is 599. The van der Waals surface area contributed by atoms with Crippen LogP contribution < -0.4 is 15.5 Å². The van der Waals surface area contributed by atoms with Gasteiger partial charge in [-0.05, 0) is 25.0 Å². The smallest absolute Gasteiger partial charge is 0.417 e. The Labute approximate surface area is 142 Å². The number of carbonyl (C=O) groups excluding carboxylic acids is 1. The zero-order valence-electron chi connectivity index (χ0n) is 13.3. The zero-order valence-corrected chi connectivity index (χ0v) is 13.3. The first-order chi connectivity index (χ1) is 11.8. The first-order valence-electron chi connectivity index (χ1n) is 7.80. The van der Waals surface area contributed by atoms with Gasteiger partial charge in [0.1, 0.15) is 5.82 Å². The molecule has 7 nitrogen and oxygen atoms in total. The van der Waals surface area contributed by atoms with Crippen LogP contribution in [0.2, 0.25) is 0 Å². The molecule has 1 saturated heterocycles. The van der Waals surface area contributed by atoms with E-state index in [9.17, 15) is 22.8 Å². The summed E-state index contributed by atoms with van der Waals surface area (Å²) in [5, 5.41) is 13.7. The fourth-order valence-corrected chi connectivity index (χ4v) is 2.51. The molecule has 0 aliphatic carbocycles. The van der Waals surface area contributed by atoms with Gasteiger partial charge in [-0.25, -0.2) is 9.78 Å². The van der Waals surface area contributed by atoms with Crippen molar-refractivity contribution < 1.29 is 27.9 Å². The minimum Gasteiger partial charge on any atom is -0.481 e. The van der Waals surface area contributed by atoms with E-state index < -0.39 is 23.7 Å². The maximum Gasteiger partial charge on any atom is 0.417 e. The number of nitrogens with one attached hydrogen (secondary N) is 2. The molecule has 138 valence electrons. The molecule has 0 aromatic carbocycles. The van der Waals surface area contributed by atoms with Crippen molar-refractivity contribution in [2.75, 3.05) is 24.5 Å². The van der Waals surface area contributed by atoms with E-state index in [4.69, 9.17) is 5.11 Å². The van der Waals surface area contributed by atoms with E-state index in [1.807, 2.05) is 4.90 Å². The van der Waals surface area contributed by atoms with Crippen LogP contribution in [0.15, 0.2) is 18.3 Å². The van der Waals surface area contributed by atoms with Gasteiger partial charge in [0.25, 0.3) is 0 Å². The molecular weight excluding hydrogens is 341 g/mol. The Balaban J connectivity index is 1.77. The molecule has 0 bridgehead atoms. The van der Waals surface area contributed by atoms with Crippen LogP contribution in [-0.2, 0) is 11.0 Å². The average molecular weight is 360 g/mol. The van der Waals surface area contributed by atoms with Gasteiger partial charge >= 0.3 is 18.2 Å². The number of halogens is 3. The van der Waals surface area contributed by atoms with Crippen molar-refractivity contribution in [1.82, 2.24) is 15.6 Å². The topological polar surface area (TPSA) is 94.6 Å². The van der Waals surface area contributed by atoms with Gasteiger partial charge in [0, 0.05) is 31.9 Å². The third-order valence-electron chi connectivity index (χ3n) is 3.85. The lowest BCUT2D eigenvalue weighted by Gasteiger charge is -2.33. The molecule has 2 rings (SSSR count). The third kappa shape index (κ3) is 5.80. The fraction of sp³-hybridized carbons (Fsp3) is 0.533. The number of carboxylic acids is 1. The number of rotatable bonds is 5. The Hall–Kier alpha value is -2.52. The van der Waals surface area contributed by atoms with Gasteiger partial charge in [0.2, 0.25) is 0 Å². The number of piperidine rings is 1. The molecule has 0 unspecified atom stereocenters. The van der Waals surface area contributed by atoms with Crippen LogP contribution in [0, 0.1) is 0 Å². The average Bonchev–Trinajstić information content (AvgIpc) is 2.54. The monoisotopic (exact) mass is 360 g/mol. The standard InChI is InChI=1S/C15H19F3N4O3/c16-15(17,18)10-1-2-12(20-9-10)22-7-4-11(5-8-22)21-14(25)19-6-3-13(23)24/h1-2,9,11H,3-8H2,(H,23,24)(H2,19,21,25). The number of anilines is 1. The van der Waals surface area contributed by atoms with E-state index in [0.717, 1.165) is 12.3 Å². The molecular formula is C15H19F3N4O3. The molecule has 25 heavy (non-hydrogen) atoms. The van der Waals surface area contributed by atoms with Gasteiger partial charge in [0.05, 0.1) is 12.0 Å². The number of carboxylic acid groups (broad SMARTS) is 1. The minimum absolute atomic E-state index is 0.0511. The van der Waals surface area contributed by atoms with Gasteiger partial charge in [0.15, 0.2) is 0 Å². The molecule has 1 aromatic rings. The van der Waals surface area contributed by atoms with Crippen molar-refractivity contribution in [3.8, 4) is 0 Å². The normalized spacial score (nSPS) is 15.7. The molecule has 0 atom stereocenters. The first kappa shape index (κ1) is 18.8. The van der Waals surface area contributed by atoms with E-state index in [2.05, 4.69) is 15.6 Å². The summed E-state index contributed by atoms with van der Waals surface area (Å²) in [4.78, 5) is 27.7. The molecule has 1 aliphatic heterocycles. The summed E-state index contributed by atoms with van der Waals surface area (Å²) in [7, 11) is 0. The van der Waals surface area contributed by atoms with Crippen LogP contribution in [0.25, 0.3) is 0 Å². The van der Waals surface area contributed by atoms with E-state index in [0.29, 0.717) is 31.7 Å². The maximum absolute atomic E-state index is 12.5. The molecule has 1 fully saturated rings. The number of hydrogen-bond donors (Lipinski definition) is 3. The van der Waals surface area contributed by atoms with Crippen molar-refractivity contribution in [2.24, 2.45) is 0 Å². The number of aromatic nitrogens is 1. The Morgan fingerprint density at radius 3 is 2.48 bits per heavy atom. The van der Waals surface area contributed by atoms with Crippen LogP contribution in [0.3, 0.4) is 0 Å². The van der Waals surface area contributed by atoms with Gasteiger partial charge in [-0.2, -0.15) is 13.2 Å². The van der Waals surface area contributed by atoms with Crippen molar-refractivity contribution in [2.45, 2.75) is 31.5 Å². The van der Waals surface area contributed by atoms with E-state index >= 15 is 0 Å². The lowest BCUT2D eigenvalue weighted by molar-refractivity contribution is -0.138. The van der Waals surface area contributed by atoms with E-state index in [1.54, 1.807) is 0 Å². The van der Waals surface area contributed by atoms with Gasteiger partial charge in [-0.15, -0.1) is 0 Å². The second-order valence-corrected chi connectivity index (χ2v) is 5.71. The van der Waals surface area contributed by atoms with E-state index in [1.165, 1.54) is 6.07 Å². The summed E-state index contributed by atoms with van der Waals surface area (Å²) >= 11 is 0. The van der Waals surface area contributed by atoms with Crippen molar-refractivity contribution in [3.05, 3.63) is 23.9 Å². The molecule has 1 aromatic heterocycles. The highest BCUT2D eigenvalue weighted by molar-refractivity contribution is 5.75. The molecule has 2 amide bonds. The second kappa shape index (κ2) is 8.04. The summed E-state index contributed by atoms with van der Waals surface area (Å²) < 4.78 is 37.6. The third-order valence-corrected chi connectivity index (χ3v) is 3.85. The van der Waals surface area contributed by atoms with Crippen LogP contribution in [0.1, 0.15) is 24.8 Å². The molecule has 0 spiro atoms. The lowest BCUT2D eigenvalue weighted by atomic mass is 10.1. The largest absolute Gasteiger partial charge is 0.481 e. The quantitative estimate of drug-likeness (QED) is 0.745. The highest BCUT2D eigenvalue weighted by Crippen LogP contribution is 2.29. The summed E-state index contributed by atoms with van der Waals surface area (Å²) in [6, 6.07) is 1.85. The molecule has 0 saturated carbocycles. The van der Waals surface area contributed by atoms with Gasteiger partial charge in [-0.3, -0.25) is 4.79 Å². The van der Waals surface area contributed by atoms with Crippen molar-refractivity contribution >= 4 is 17.8 Å². The molecule has 10 heteroatoms. The van der Waals surface area contributed by atoms with Crippen LogP contribution in [0.5, 0.6) is 0 Å². The van der Waals surface area contributed by atoms with Crippen molar-refractivity contribution in [1.29, 1.82) is 0 Å². The van der Waals surface area contributed by atoms with Crippen molar-refractivity contribution in [3.63, 3.8) is 0 Å². The lowest BCUT2D eigenvalue weighted by Crippen LogP contribution is -2.48. The molecule has 1 aliphatic rings. The second-order valence-electron chi connectivity index (χ2n) is 5.71. The summed E-state index contributed by atoms with van der Waals surface area (Å²) in [5.74, 6) is -0.519. The number of amides is 2. The summed E-state index contributed by atoms with van der Waals surface area (Å²) in [6.07, 6.45) is -2.50. The number of alkyl halides is 3. The Morgan fingerprint density at radius 1 is 1.28 bits per heavy atom. The number of aliphatic carboxylic acids is 1. The number of hydrogen-bond acceptors (Lipinski definition) is 4. The molecule has 3 N–H and O–H groups in total. The van der Waals surface area contributed by atoms with E-state index in [-0.39, 0.29) is 19.0 Å². The van der Waals surface area contributed by atoms with Crippen LogP contribution in [-0.4, -0.2) is 47.8 Å². The first-order valence-corrected chi connectivity index (χ1v) is 7.80. The highest BCUT2D eigenvalue weighted by atomic mass is 19.4. The molecule has 0 radical (unpaired) electrons. The molecule has 2 heterocycles. The Kier molecular flexibility index (Phi) is 6.05. The zero-order chi connectivity index (χ0) is 18.4. The minimum atomic E-state index is -4.41. The number of nitrogens with zero attached hydrogens (tertiary/aromatic N) is 2. The fourth-order valence-electron chi connectivity index (χ4n) is 2.51. The predicted octanol–water partition coefficient (Wildman–Crippen LogP) is 1.84. The predicted molar refractivity (Wildman–Crippen MR) is 83.3 cm³/mol.